The lowest BCUT2D eigenvalue weighted by Gasteiger charge is -2.34. The summed E-state index contributed by atoms with van der Waals surface area (Å²) in [5, 5.41) is -0.472. The molecular formula is C19H27N3O4S. The zero-order valence-electron chi connectivity index (χ0n) is 16.3. The van der Waals surface area contributed by atoms with E-state index in [0.717, 1.165) is 18.7 Å². The van der Waals surface area contributed by atoms with Crippen LogP contribution in [0, 0.1) is 0 Å². The van der Waals surface area contributed by atoms with E-state index in [0.29, 0.717) is 24.6 Å². The highest BCUT2D eigenvalue weighted by atomic mass is 32.2. The van der Waals surface area contributed by atoms with Gasteiger partial charge in [-0.25, -0.2) is 0 Å². The number of methoxy groups -OCH3 is 2. The van der Waals surface area contributed by atoms with Crippen LogP contribution in [0.15, 0.2) is 18.2 Å². The van der Waals surface area contributed by atoms with Crippen LogP contribution in [0.3, 0.4) is 0 Å². The number of amides is 2. The van der Waals surface area contributed by atoms with E-state index in [4.69, 9.17) is 9.47 Å². The van der Waals surface area contributed by atoms with E-state index in [9.17, 15) is 9.59 Å². The number of carbonyl (C=O) groups is 2. The predicted molar refractivity (Wildman–Crippen MR) is 105 cm³/mol. The minimum Gasteiger partial charge on any atom is -0.497 e. The maximum atomic E-state index is 12.8. The van der Waals surface area contributed by atoms with Gasteiger partial charge in [0.25, 0.3) is 0 Å². The fourth-order valence-electron chi connectivity index (χ4n) is 3.41. The highest BCUT2D eigenvalue weighted by Gasteiger charge is 2.41. The van der Waals surface area contributed by atoms with Crippen molar-refractivity contribution in [3.05, 3.63) is 23.8 Å². The van der Waals surface area contributed by atoms with E-state index in [2.05, 4.69) is 11.9 Å². The van der Waals surface area contributed by atoms with Crippen molar-refractivity contribution in [2.45, 2.75) is 17.5 Å². The number of hydrogen-bond acceptors (Lipinski definition) is 6. The van der Waals surface area contributed by atoms with E-state index < -0.39 is 0 Å². The average molecular weight is 394 g/mol. The Hall–Kier alpha value is -1.93. The summed E-state index contributed by atoms with van der Waals surface area (Å²) in [5.74, 6) is 1.37. The first-order valence-electron chi connectivity index (χ1n) is 9.08. The number of rotatable bonds is 5. The van der Waals surface area contributed by atoms with Crippen LogP contribution in [0.4, 0.5) is 0 Å². The predicted octanol–water partition coefficient (Wildman–Crippen LogP) is 1.44. The first-order valence-corrected chi connectivity index (χ1v) is 10.0. The SMILES string of the molecule is COc1ccc(OC)c(C2SC(C)C(=O)N2CC(=O)N2CCN(C)CC2)c1. The fourth-order valence-corrected chi connectivity index (χ4v) is 4.70. The molecule has 3 rings (SSSR count). The van der Waals surface area contributed by atoms with E-state index >= 15 is 0 Å². The summed E-state index contributed by atoms with van der Waals surface area (Å²) in [6.45, 7) is 5.09. The Morgan fingerprint density at radius 2 is 1.89 bits per heavy atom. The van der Waals surface area contributed by atoms with Crippen molar-refractivity contribution in [2.24, 2.45) is 0 Å². The molecule has 0 aromatic heterocycles. The van der Waals surface area contributed by atoms with Gasteiger partial charge in [-0.05, 0) is 32.2 Å². The van der Waals surface area contributed by atoms with Crippen molar-refractivity contribution in [1.29, 1.82) is 0 Å². The largest absolute Gasteiger partial charge is 0.497 e. The lowest BCUT2D eigenvalue weighted by Crippen LogP contribution is -2.50. The summed E-state index contributed by atoms with van der Waals surface area (Å²) < 4.78 is 10.8. The molecule has 2 aliphatic heterocycles. The van der Waals surface area contributed by atoms with E-state index in [1.165, 1.54) is 11.8 Å². The van der Waals surface area contributed by atoms with Gasteiger partial charge >= 0.3 is 0 Å². The molecule has 1 aromatic rings. The maximum Gasteiger partial charge on any atom is 0.242 e. The van der Waals surface area contributed by atoms with E-state index in [-0.39, 0.29) is 29.0 Å². The van der Waals surface area contributed by atoms with Gasteiger partial charge < -0.3 is 24.2 Å². The van der Waals surface area contributed by atoms with Gasteiger partial charge in [-0.2, -0.15) is 0 Å². The molecule has 0 saturated carbocycles. The van der Waals surface area contributed by atoms with Gasteiger partial charge in [-0.3, -0.25) is 9.59 Å². The van der Waals surface area contributed by atoms with Crippen LogP contribution in [0.5, 0.6) is 11.5 Å². The molecule has 27 heavy (non-hydrogen) atoms. The lowest BCUT2D eigenvalue weighted by molar-refractivity contribution is -0.140. The summed E-state index contributed by atoms with van der Waals surface area (Å²) >= 11 is 1.53. The molecule has 0 bridgehead atoms. The van der Waals surface area contributed by atoms with Crippen molar-refractivity contribution in [3.8, 4) is 11.5 Å². The minimum absolute atomic E-state index is 0.00184. The normalized spacial score (nSPS) is 23.6. The third kappa shape index (κ3) is 4.16. The summed E-state index contributed by atoms with van der Waals surface area (Å²) in [6, 6.07) is 5.55. The molecule has 7 nitrogen and oxygen atoms in total. The zero-order valence-corrected chi connectivity index (χ0v) is 17.1. The monoisotopic (exact) mass is 393 g/mol. The summed E-state index contributed by atoms with van der Waals surface area (Å²) in [7, 11) is 5.26. The molecule has 0 N–H and O–H groups in total. The quantitative estimate of drug-likeness (QED) is 0.754. The zero-order chi connectivity index (χ0) is 19.6. The van der Waals surface area contributed by atoms with Gasteiger partial charge in [0.1, 0.15) is 23.4 Å². The first kappa shape index (κ1) is 19.8. The Bertz CT molecular complexity index is 706. The number of likely N-dealkylation sites (N-methyl/N-ethyl adjacent to an activating group) is 1. The van der Waals surface area contributed by atoms with Crippen molar-refractivity contribution >= 4 is 23.6 Å². The standard InChI is InChI=1S/C19H27N3O4S/c1-13-18(24)22(12-17(23)21-9-7-20(2)8-10-21)19(27-13)15-11-14(25-3)5-6-16(15)26-4/h5-6,11,13,19H,7-10,12H2,1-4H3. The number of piperazine rings is 1. The Morgan fingerprint density at radius 1 is 1.19 bits per heavy atom. The number of benzene rings is 1. The molecule has 2 aliphatic rings. The number of ether oxygens (including phenoxy) is 2. The Labute approximate surface area is 164 Å². The summed E-state index contributed by atoms with van der Waals surface area (Å²) in [6.07, 6.45) is 0. The first-order chi connectivity index (χ1) is 12.9. The second-order valence-corrected chi connectivity index (χ2v) is 8.31. The van der Waals surface area contributed by atoms with Gasteiger partial charge in [0, 0.05) is 31.7 Å². The maximum absolute atomic E-state index is 12.8. The molecule has 1 aromatic carbocycles. The second kappa shape index (κ2) is 8.39. The van der Waals surface area contributed by atoms with Crippen LogP contribution in [-0.2, 0) is 9.59 Å². The highest BCUT2D eigenvalue weighted by Crippen LogP contribution is 2.46. The molecule has 2 saturated heterocycles. The molecule has 0 radical (unpaired) electrons. The number of nitrogens with zero attached hydrogens (tertiary/aromatic N) is 3. The lowest BCUT2D eigenvalue weighted by atomic mass is 10.1. The minimum atomic E-state index is -0.269. The van der Waals surface area contributed by atoms with Crippen molar-refractivity contribution < 1.29 is 19.1 Å². The third-order valence-corrected chi connectivity index (χ3v) is 6.49. The average Bonchev–Trinajstić information content (AvgIpc) is 2.96. The molecule has 2 fully saturated rings. The Morgan fingerprint density at radius 3 is 2.52 bits per heavy atom. The molecule has 0 spiro atoms. The van der Waals surface area contributed by atoms with Gasteiger partial charge in [-0.1, -0.05) is 0 Å². The van der Waals surface area contributed by atoms with Crippen molar-refractivity contribution in [3.63, 3.8) is 0 Å². The van der Waals surface area contributed by atoms with Gasteiger partial charge in [0.05, 0.1) is 19.5 Å². The Balaban J connectivity index is 1.82. The van der Waals surface area contributed by atoms with Gasteiger partial charge in [-0.15, -0.1) is 11.8 Å². The molecular weight excluding hydrogens is 366 g/mol. The number of hydrogen-bond donors (Lipinski definition) is 0. The third-order valence-electron chi connectivity index (χ3n) is 5.11. The van der Waals surface area contributed by atoms with Crippen molar-refractivity contribution in [1.82, 2.24) is 14.7 Å². The summed E-state index contributed by atoms with van der Waals surface area (Å²) in [5.41, 5.74) is 0.853. The molecule has 8 heteroatoms. The fraction of sp³-hybridized carbons (Fsp3) is 0.579. The summed E-state index contributed by atoms with van der Waals surface area (Å²) in [4.78, 5) is 31.3. The molecule has 2 unspecified atom stereocenters. The van der Waals surface area contributed by atoms with Crippen LogP contribution < -0.4 is 9.47 Å². The molecule has 2 heterocycles. The second-order valence-electron chi connectivity index (χ2n) is 6.89. The molecule has 2 atom stereocenters. The topological polar surface area (TPSA) is 62.3 Å². The molecule has 0 aliphatic carbocycles. The van der Waals surface area contributed by atoms with Gasteiger partial charge in [0.15, 0.2) is 0 Å². The van der Waals surface area contributed by atoms with E-state index in [1.807, 2.05) is 30.0 Å². The number of thioether (sulfide) groups is 1. The van der Waals surface area contributed by atoms with Crippen LogP contribution >= 0.6 is 11.8 Å². The van der Waals surface area contributed by atoms with E-state index in [1.54, 1.807) is 19.1 Å². The van der Waals surface area contributed by atoms with Crippen molar-refractivity contribution in [2.75, 3.05) is 54.0 Å². The van der Waals surface area contributed by atoms with Crippen LogP contribution in [-0.4, -0.2) is 85.8 Å². The number of carbonyl (C=O) groups excluding carboxylic acids is 2. The Kier molecular flexibility index (Phi) is 6.16. The van der Waals surface area contributed by atoms with Crippen LogP contribution in [0.1, 0.15) is 17.9 Å². The van der Waals surface area contributed by atoms with Crippen LogP contribution in [0.25, 0.3) is 0 Å². The highest BCUT2D eigenvalue weighted by molar-refractivity contribution is 8.01. The molecule has 2 amide bonds. The molecule has 148 valence electrons. The smallest absolute Gasteiger partial charge is 0.242 e. The van der Waals surface area contributed by atoms with Crippen LogP contribution in [0.2, 0.25) is 0 Å². The van der Waals surface area contributed by atoms with Gasteiger partial charge in [0.2, 0.25) is 11.8 Å².